The van der Waals surface area contributed by atoms with Gasteiger partial charge in [-0.3, -0.25) is 19.1 Å². The standard InChI is InChI=1S/C21H27F3N4O4/c1-4-5-10-27(17-18(25)28(12-13(2)3)20(31)26-19(17)30)16(29)11-14-6-8-15(9-7-14)32-21(22,23)24/h6-9,13H,4-5,10-12,25H2,1-3H3,(H,26,30,31). The molecule has 0 radical (unpaired) electrons. The number of rotatable bonds is 9. The van der Waals surface area contributed by atoms with Crippen LogP contribution in [0, 0.1) is 5.92 Å². The molecule has 8 nitrogen and oxygen atoms in total. The molecule has 0 saturated carbocycles. The van der Waals surface area contributed by atoms with Gasteiger partial charge in [0.05, 0.1) is 6.42 Å². The zero-order valence-electron chi connectivity index (χ0n) is 18.2. The number of nitrogens with two attached hydrogens (primary N) is 1. The zero-order chi connectivity index (χ0) is 24.1. The van der Waals surface area contributed by atoms with E-state index in [4.69, 9.17) is 5.73 Å². The summed E-state index contributed by atoms with van der Waals surface area (Å²) in [4.78, 5) is 41.3. The van der Waals surface area contributed by atoms with Crippen LogP contribution in [0.15, 0.2) is 33.9 Å². The van der Waals surface area contributed by atoms with Gasteiger partial charge in [0.2, 0.25) is 5.91 Å². The lowest BCUT2D eigenvalue weighted by molar-refractivity contribution is -0.274. The molecule has 0 bridgehead atoms. The molecule has 0 saturated heterocycles. The second kappa shape index (κ2) is 10.4. The molecule has 0 aliphatic heterocycles. The highest BCUT2D eigenvalue weighted by atomic mass is 19.4. The number of nitrogen functional groups attached to an aromatic ring is 1. The average molecular weight is 456 g/mol. The highest BCUT2D eigenvalue weighted by Crippen LogP contribution is 2.24. The molecule has 0 atom stereocenters. The van der Waals surface area contributed by atoms with Gasteiger partial charge < -0.3 is 15.4 Å². The predicted molar refractivity (Wildman–Crippen MR) is 115 cm³/mol. The van der Waals surface area contributed by atoms with E-state index in [1.807, 2.05) is 20.8 Å². The number of hydrogen-bond donors (Lipinski definition) is 2. The van der Waals surface area contributed by atoms with E-state index in [0.717, 1.165) is 18.6 Å². The van der Waals surface area contributed by atoms with E-state index in [2.05, 4.69) is 9.72 Å². The zero-order valence-corrected chi connectivity index (χ0v) is 18.2. The number of amides is 1. The lowest BCUT2D eigenvalue weighted by atomic mass is 10.1. The van der Waals surface area contributed by atoms with E-state index < -0.39 is 29.3 Å². The maximum absolute atomic E-state index is 13.1. The van der Waals surface area contributed by atoms with Gasteiger partial charge in [-0.05, 0) is 30.0 Å². The molecule has 32 heavy (non-hydrogen) atoms. The molecule has 0 aliphatic rings. The summed E-state index contributed by atoms with van der Waals surface area (Å²) in [7, 11) is 0. The van der Waals surface area contributed by atoms with Crippen LogP contribution in [-0.4, -0.2) is 28.4 Å². The highest BCUT2D eigenvalue weighted by molar-refractivity contribution is 5.96. The number of H-pyrrole nitrogens is 1. The van der Waals surface area contributed by atoms with E-state index in [0.29, 0.717) is 12.0 Å². The van der Waals surface area contributed by atoms with Crippen LogP contribution in [0.5, 0.6) is 5.75 Å². The van der Waals surface area contributed by atoms with Crippen molar-refractivity contribution in [2.45, 2.75) is 52.9 Å². The van der Waals surface area contributed by atoms with E-state index in [-0.39, 0.29) is 36.9 Å². The van der Waals surface area contributed by atoms with Crippen LogP contribution in [0.1, 0.15) is 39.2 Å². The minimum absolute atomic E-state index is 0.0611. The predicted octanol–water partition coefficient (Wildman–Crippen LogP) is 3.05. The second-order valence-corrected chi connectivity index (χ2v) is 7.77. The fourth-order valence-corrected chi connectivity index (χ4v) is 3.14. The van der Waals surface area contributed by atoms with Crippen molar-refractivity contribution in [1.29, 1.82) is 0 Å². The van der Waals surface area contributed by atoms with Crippen molar-refractivity contribution in [3.8, 4) is 5.75 Å². The minimum Gasteiger partial charge on any atom is -0.406 e. The highest BCUT2D eigenvalue weighted by Gasteiger charge is 2.31. The van der Waals surface area contributed by atoms with Crippen LogP contribution < -0.4 is 26.6 Å². The lowest BCUT2D eigenvalue weighted by Crippen LogP contribution is -2.42. The monoisotopic (exact) mass is 456 g/mol. The summed E-state index contributed by atoms with van der Waals surface area (Å²) < 4.78 is 42.0. The van der Waals surface area contributed by atoms with Gasteiger partial charge in [0, 0.05) is 13.1 Å². The molecular formula is C21H27F3N4O4. The Morgan fingerprint density at radius 3 is 2.38 bits per heavy atom. The van der Waals surface area contributed by atoms with Crippen LogP contribution in [-0.2, 0) is 17.8 Å². The molecule has 0 fully saturated rings. The number of alkyl halides is 3. The number of nitrogens with one attached hydrogen (secondary N) is 1. The number of carbonyl (C=O) groups excluding carboxylic acids is 1. The summed E-state index contributed by atoms with van der Waals surface area (Å²) in [6.07, 6.45) is -3.69. The van der Waals surface area contributed by atoms with Crippen molar-refractivity contribution in [3.63, 3.8) is 0 Å². The van der Waals surface area contributed by atoms with Crippen molar-refractivity contribution in [3.05, 3.63) is 50.7 Å². The van der Waals surface area contributed by atoms with E-state index in [1.54, 1.807) is 0 Å². The summed E-state index contributed by atoms with van der Waals surface area (Å²) in [6, 6.07) is 4.89. The number of nitrogens with zero attached hydrogens (tertiary/aromatic N) is 2. The summed E-state index contributed by atoms with van der Waals surface area (Å²) in [5, 5.41) is 0. The molecule has 0 spiro atoms. The van der Waals surface area contributed by atoms with Gasteiger partial charge in [0.25, 0.3) is 5.56 Å². The molecule has 0 aliphatic carbocycles. The molecule has 1 amide bonds. The molecular weight excluding hydrogens is 429 g/mol. The van der Waals surface area contributed by atoms with Crippen LogP contribution in [0.2, 0.25) is 0 Å². The number of aromatic amines is 1. The fourth-order valence-electron chi connectivity index (χ4n) is 3.14. The lowest BCUT2D eigenvalue weighted by Gasteiger charge is -2.25. The van der Waals surface area contributed by atoms with Gasteiger partial charge in [-0.1, -0.05) is 39.3 Å². The number of hydrogen-bond acceptors (Lipinski definition) is 5. The summed E-state index contributed by atoms with van der Waals surface area (Å²) in [5.74, 6) is -0.926. The van der Waals surface area contributed by atoms with Crippen molar-refractivity contribution >= 4 is 17.4 Å². The average Bonchev–Trinajstić information content (AvgIpc) is 2.67. The maximum Gasteiger partial charge on any atom is 0.573 e. The Morgan fingerprint density at radius 2 is 1.84 bits per heavy atom. The first-order valence-corrected chi connectivity index (χ1v) is 10.2. The first-order valence-electron chi connectivity index (χ1n) is 10.2. The third kappa shape index (κ3) is 6.63. The van der Waals surface area contributed by atoms with Crippen LogP contribution in [0.4, 0.5) is 24.7 Å². The number of aromatic nitrogens is 2. The SMILES string of the molecule is CCCCN(C(=O)Cc1ccc(OC(F)(F)F)cc1)c1c(N)n(CC(C)C)c(=O)[nH]c1=O. The van der Waals surface area contributed by atoms with E-state index in [1.165, 1.54) is 21.6 Å². The third-order valence-electron chi connectivity index (χ3n) is 4.58. The molecule has 11 heteroatoms. The van der Waals surface area contributed by atoms with Gasteiger partial charge in [-0.15, -0.1) is 13.2 Å². The van der Waals surface area contributed by atoms with Crippen LogP contribution >= 0.6 is 0 Å². The fraction of sp³-hybridized carbons (Fsp3) is 0.476. The second-order valence-electron chi connectivity index (χ2n) is 7.77. The Bertz CT molecular complexity index is 1040. The molecule has 176 valence electrons. The Kier molecular flexibility index (Phi) is 8.12. The summed E-state index contributed by atoms with van der Waals surface area (Å²) in [6.45, 7) is 6.11. The Balaban J connectivity index is 2.37. The Labute approximate surface area is 182 Å². The van der Waals surface area contributed by atoms with Crippen LogP contribution in [0.25, 0.3) is 0 Å². The molecule has 2 aromatic rings. The van der Waals surface area contributed by atoms with Crippen molar-refractivity contribution < 1.29 is 22.7 Å². The van der Waals surface area contributed by atoms with Gasteiger partial charge in [0.1, 0.15) is 11.6 Å². The van der Waals surface area contributed by atoms with Gasteiger partial charge in [-0.25, -0.2) is 4.79 Å². The summed E-state index contributed by atoms with van der Waals surface area (Å²) in [5.41, 5.74) is 5.03. The number of benzene rings is 1. The summed E-state index contributed by atoms with van der Waals surface area (Å²) >= 11 is 0. The number of carbonyl (C=O) groups is 1. The first kappa shape index (κ1) is 25.0. The third-order valence-corrected chi connectivity index (χ3v) is 4.58. The number of halogens is 3. The van der Waals surface area contributed by atoms with Gasteiger partial charge in [0.15, 0.2) is 5.69 Å². The normalized spacial score (nSPS) is 11.6. The first-order chi connectivity index (χ1) is 14.9. The number of unbranched alkanes of at least 4 members (excludes halogenated alkanes) is 1. The van der Waals surface area contributed by atoms with Gasteiger partial charge in [-0.2, -0.15) is 0 Å². The topological polar surface area (TPSA) is 110 Å². The molecule has 1 aromatic carbocycles. The number of ether oxygens (including phenoxy) is 1. The van der Waals surface area contributed by atoms with Crippen LogP contribution in [0.3, 0.4) is 0 Å². The largest absolute Gasteiger partial charge is 0.573 e. The molecule has 0 unspecified atom stereocenters. The molecule has 3 N–H and O–H groups in total. The Hall–Kier alpha value is -3.24. The Morgan fingerprint density at radius 1 is 1.22 bits per heavy atom. The molecule has 1 heterocycles. The maximum atomic E-state index is 13.1. The van der Waals surface area contributed by atoms with Crippen molar-refractivity contribution in [2.75, 3.05) is 17.2 Å². The quantitative estimate of drug-likeness (QED) is 0.603. The molecule has 2 rings (SSSR count). The minimum atomic E-state index is -4.81. The smallest absolute Gasteiger partial charge is 0.406 e. The van der Waals surface area contributed by atoms with E-state index in [9.17, 15) is 27.6 Å². The van der Waals surface area contributed by atoms with Gasteiger partial charge >= 0.3 is 12.1 Å². The number of anilines is 2. The van der Waals surface area contributed by atoms with Crippen molar-refractivity contribution in [2.24, 2.45) is 5.92 Å². The van der Waals surface area contributed by atoms with Crippen molar-refractivity contribution in [1.82, 2.24) is 9.55 Å². The van der Waals surface area contributed by atoms with E-state index >= 15 is 0 Å². The molecule has 1 aromatic heterocycles.